The molecule has 11 heteroatoms. The van der Waals surface area contributed by atoms with E-state index >= 15 is 0 Å². The van der Waals surface area contributed by atoms with Crippen molar-refractivity contribution in [3.8, 4) is 0 Å². The Kier molecular flexibility index (Phi) is 59.3. The third-order valence-electron chi connectivity index (χ3n) is 18.0. The number of carbonyl (C=O) groups is 1. The van der Waals surface area contributed by atoms with Gasteiger partial charge < -0.3 is 50.5 Å². The lowest BCUT2D eigenvalue weighted by Crippen LogP contribution is -2.60. The number of ether oxygens (including phenoxy) is 2. The van der Waals surface area contributed by atoms with Gasteiger partial charge in [0.2, 0.25) is 5.91 Å². The van der Waals surface area contributed by atoms with Gasteiger partial charge in [-0.05, 0) is 44.9 Å². The molecule has 1 amide bonds. The number of hydrogen-bond donors (Lipinski definition) is 8. The first kappa shape index (κ1) is 80.6. The van der Waals surface area contributed by atoms with E-state index in [1.165, 1.54) is 283 Å². The molecule has 0 aliphatic carbocycles. The van der Waals surface area contributed by atoms with Crippen LogP contribution in [0, 0.1) is 0 Å². The van der Waals surface area contributed by atoms with Gasteiger partial charge in [0.05, 0.1) is 25.4 Å². The number of aliphatic hydroxyl groups excluding tert-OH is 7. The molecular formula is C73H141NO10. The van der Waals surface area contributed by atoms with Crippen LogP contribution in [0.4, 0.5) is 0 Å². The molecule has 9 atom stereocenters. The van der Waals surface area contributed by atoms with Crippen LogP contribution in [0.2, 0.25) is 0 Å². The molecule has 1 aliphatic rings. The summed E-state index contributed by atoms with van der Waals surface area (Å²) in [6.45, 7) is 3.52. The molecule has 1 aliphatic heterocycles. The minimum atomic E-state index is -1.66. The van der Waals surface area contributed by atoms with Crippen LogP contribution in [0.3, 0.4) is 0 Å². The van der Waals surface area contributed by atoms with Crippen molar-refractivity contribution in [3.05, 3.63) is 24.3 Å². The second-order valence-corrected chi connectivity index (χ2v) is 26.0. The lowest BCUT2D eigenvalue weighted by atomic mass is 9.98. The Morgan fingerprint density at radius 3 is 1.06 bits per heavy atom. The standard InChI is InChI=1S/C73H141NO10/c1-3-5-7-9-11-13-15-17-19-21-23-25-27-29-31-32-33-35-37-39-41-43-45-47-49-51-53-55-57-59-61-66(77)72(82)74-64(63-83-73-71(81)70(80)69(79)67(62-75)84-73)68(78)65(76)60-58-56-54-52-50-48-46-44-42-40-38-36-34-30-28-26-24-22-20-18-16-14-12-10-8-6-4-2/h23,25,29,31,64-71,73,75-81H,3-22,24,26-28,30,32-63H2,1-2H3,(H,74,82)/b25-23-,31-29-. The van der Waals surface area contributed by atoms with E-state index in [0.29, 0.717) is 19.3 Å². The maximum Gasteiger partial charge on any atom is 0.249 e. The van der Waals surface area contributed by atoms with Gasteiger partial charge in [-0.1, -0.05) is 346 Å². The van der Waals surface area contributed by atoms with Gasteiger partial charge in [-0.15, -0.1) is 0 Å². The number of carbonyl (C=O) groups excluding carboxylic acids is 1. The average Bonchev–Trinajstić information content (AvgIpc) is 3.66. The van der Waals surface area contributed by atoms with Crippen LogP contribution >= 0.6 is 0 Å². The highest BCUT2D eigenvalue weighted by Gasteiger charge is 2.44. The fourth-order valence-corrected chi connectivity index (χ4v) is 12.1. The number of amides is 1. The van der Waals surface area contributed by atoms with Crippen LogP contribution in [0.25, 0.3) is 0 Å². The van der Waals surface area contributed by atoms with E-state index in [1.807, 2.05) is 0 Å². The first-order valence-electron chi connectivity index (χ1n) is 36.7. The third-order valence-corrected chi connectivity index (χ3v) is 18.0. The Morgan fingerprint density at radius 1 is 0.417 bits per heavy atom. The van der Waals surface area contributed by atoms with Gasteiger partial charge in [0.1, 0.15) is 36.6 Å². The van der Waals surface area contributed by atoms with Gasteiger partial charge in [-0.3, -0.25) is 4.79 Å². The molecule has 9 unspecified atom stereocenters. The van der Waals surface area contributed by atoms with Gasteiger partial charge in [-0.2, -0.15) is 0 Å². The zero-order chi connectivity index (χ0) is 61.0. The summed E-state index contributed by atoms with van der Waals surface area (Å²) in [6.07, 6.45) is 66.9. The van der Waals surface area contributed by atoms with Gasteiger partial charge in [0.15, 0.2) is 6.29 Å². The minimum absolute atomic E-state index is 0.262. The van der Waals surface area contributed by atoms with Gasteiger partial charge >= 0.3 is 0 Å². The normalized spacial score (nSPS) is 19.0. The quantitative estimate of drug-likeness (QED) is 0.0215. The van der Waals surface area contributed by atoms with Crippen LogP contribution < -0.4 is 5.32 Å². The summed E-state index contributed by atoms with van der Waals surface area (Å²) >= 11 is 0. The van der Waals surface area contributed by atoms with Gasteiger partial charge in [-0.25, -0.2) is 0 Å². The Hall–Kier alpha value is -1.41. The molecule has 84 heavy (non-hydrogen) atoms. The molecule has 0 aromatic rings. The molecule has 498 valence electrons. The summed E-state index contributed by atoms with van der Waals surface area (Å²) in [4.78, 5) is 13.3. The molecule has 1 fully saturated rings. The number of allylic oxidation sites excluding steroid dienone is 4. The predicted molar refractivity (Wildman–Crippen MR) is 353 cm³/mol. The monoisotopic (exact) mass is 1190 g/mol. The van der Waals surface area contributed by atoms with Crippen molar-refractivity contribution in [1.82, 2.24) is 5.32 Å². The van der Waals surface area contributed by atoms with E-state index in [0.717, 1.165) is 44.9 Å². The Morgan fingerprint density at radius 2 is 0.726 bits per heavy atom. The van der Waals surface area contributed by atoms with Crippen molar-refractivity contribution < 1.29 is 50.0 Å². The van der Waals surface area contributed by atoms with E-state index in [4.69, 9.17) is 9.47 Å². The average molecular weight is 1190 g/mol. The molecule has 0 spiro atoms. The maximum atomic E-state index is 13.3. The smallest absolute Gasteiger partial charge is 0.249 e. The second kappa shape index (κ2) is 61.8. The molecule has 0 saturated carbocycles. The molecule has 0 aromatic heterocycles. The largest absolute Gasteiger partial charge is 0.394 e. The maximum absolute atomic E-state index is 13.3. The van der Waals surface area contributed by atoms with Crippen molar-refractivity contribution in [3.63, 3.8) is 0 Å². The van der Waals surface area contributed by atoms with Crippen molar-refractivity contribution in [2.75, 3.05) is 13.2 Å². The molecule has 1 heterocycles. The molecule has 0 aromatic carbocycles. The number of rotatable bonds is 65. The molecular weight excluding hydrogens is 1050 g/mol. The molecule has 1 rings (SSSR count). The first-order valence-corrected chi connectivity index (χ1v) is 36.7. The lowest BCUT2D eigenvalue weighted by Gasteiger charge is -2.40. The number of unbranched alkanes of at least 4 members (excludes halogenated alkanes) is 49. The fourth-order valence-electron chi connectivity index (χ4n) is 12.1. The summed E-state index contributed by atoms with van der Waals surface area (Å²) in [5, 5.41) is 76.6. The molecule has 0 bridgehead atoms. The van der Waals surface area contributed by atoms with Crippen LogP contribution in [0.1, 0.15) is 367 Å². The molecule has 0 radical (unpaired) electrons. The molecule has 8 N–H and O–H groups in total. The highest BCUT2D eigenvalue weighted by atomic mass is 16.7. The van der Waals surface area contributed by atoms with Crippen molar-refractivity contribution in [2.24, 2.45) is 0 Å². The van der Waals surface area contributed by atoms with Crippen LogP contribution in [0.5, 0.6) is 0 Å². The van der Waals surface area contributed by atoms with Crippen molar-refractivity contribution in [1.29, 1.82) is 0 Å². The van der Waals surface area contributed by atoms with E-state index < -0.39 is 74.2 Å². The summed E-state index contributed by atoms with van der Waals surface area (Å²) in [5.41, 5.74) is 0. The van der Waals surface area contributed by atoms with Crippen molar-refractivity contribution in [2.45, 2.75) is 422 Å². The van der Waals surface area contributed by atoms with E-state index in [1.54, 1.807) is 0 Å². The van der Waals surface area contributed by atoms with Crippen LogP contribution in [-0.4, -0.2) is 110 Å². The van der Waals surface area contributed by atoms with Crippen molar-refractivity contribution >= 4 is 5.91 Å². The summed E-state index contributed by atoms with van der Waals surface area (Å²) in [6, 6.07) is -1.17. The number of nitrogens with one attached hydrogen (secondary N) is 1. The number of aliphatic hydroxyl groups is 7. The predicted octanol–water partition coefficient (Wildman–Crippen LogP) is 18.0. The highest BCUT2D eigenvalue weighted by molar-refractivity contribution is 5.80. The zero-order valence-corrected chi connectivity index (χ0v) is 55.2. The SMILES string of the molecule is CCCCCCCCCCC/C=C\C/C=C\CCCCCCCCCCCCCCCCC(O)C(=O)NC(COC1OC(CO)C(O)C(O)C1O)C(O)C(O)CCCCCCCCCCCCCCCCCCCCCCCCCCCCC. The van der Waals surface area contributed by atoms with Crippen LogP contribution in [0.15, 0.2) is 24.3 Å². The second-order valence-electron chi connectivity index (χ2n) is 26.0. The lowest BCUT2D eigenvalue weighted by molar-refractivity contribution is -0.303. The van der Waals surface area contributed by atoms with Gasteiger partial charge in [0.25, 0.3) is 0 Å². The van der Waals surface area contributed by atoms with E-state index in [-0.39, 0.29) is 6.42 Å². The van der Waals surface area contributed by atoms with Crippen LogP contribution in [-0.2, 0) is 14.3 Å². The Bertz CT molecular complexity index is 1420. The summed E-state index contributed by atoms with van der Waals surface area (Å²) in [5.74, 6) is -0.690. The number of hydrogen-bond acceptors (Lipinski definition) is 10. The third kappa shape index (κ3) is 48.5. The first-order chi connectivity index (χ1) is 41.2. The van der Waals surface area contributed by atoms with E-state index in [2.05, 4.69) is 43.5 Å². The topological polar surface area (TPSA) is 189 Å². The minimum Gasteiger partial charge on any atom is -0.394 e. The highest BCUT2D eigenvalue weighted by Crippen LogP contribution is 2.24. The van der Waals surface area contributed by atoms with Gasteiger partial charge in [0, 0.05) is 0 Å². The summed E-state index contributed by atoms with van der Waals surface area (Å²) < 4.78 is 11.2. The molecule has 1 saturated heterocycles. The molecule has 11 nitrogen and oxygen atoms in total. The zero-order valence-electron chi connectivity index (χ0n) is 55.2. The van der Waals surface area contributed by atoms with E-state index in [9.17, 15) is 40.5 Å². The Balaban J connectivity index is 2.18. The summed E-state index contributed by atoms with van der Waals surface area (Å²) in [7, 11) is 0. The fraction of sp³-hybridized carbons (Fsp3) is 0.932. The Labute approximate surface area is 518 Å².